The standard InChI is InChI=1S/C20H25ClN2O4S/c1-13-6-9-17(21)12-19(13)23(28(5,25)26)15(3)20(24)22-14(2)16-7-10-18(27-4)11-8-16/h6-12,14-15H,1-5H3,(H,22,24)/t14-,15+/m0/s1. The molecule has 2 aromatic carbocycles. The van der Waals surface area contributed by atoms with Gasteiger partial charge in [0.25, 0.3) is 0 Å². The number of carbonyl (C=O) groups excluding carboxylic acids is 1. The minimum Gasteiger partial charge on any atom is -0.497 e. The highest BCUT2D eigenvalue weighted by atomic mass is 35.5. The van der Waals surface area contributed by atoms with Gasteiger partial charge in [-0.3, -0.25) is 9.10 Å². The molecule has 0 radical (unpaired) electrons. The highest BCUT2D eigenvalue weighted by Crippen LogP contribution is 2.28. The fourth-order valence-corrected chi connectivity index (χ4v) is 4.30. The molecule has 0 aromatic heterocycles. The molecule has 2 atom stereocenters. The van der Waals surface area contributed by atoms with Crippen molar-refractivity contribution in [3.05, 3.63) is 58.6 Å². The van der Waals surface area contributed by atoms with Crippen LogP contribution in [-0.4, -0.2) is 33.7 Å². The first-order chi connectivity index (χ1) is 13.0. The number of sulfonamides is 1. The van der Waals surface area contributed by atoms with Crippen molar-refractivity contribution in [3.8, 4) is 5.75 Å². The van der Waals surface area contributed by atoms with Gasteiger partial charge in [0.2, 0.25) is 15.9 Å². The first kappa shape index (κ1) is 22.0. The van der Waals surface area contributed by atoms with E-state index in [2.05, 4.69) is 5.32 Å². The number of aryl methyl sites for hydroxylation is 1. The van der Waals surface area contributed by atoms with Crippen LogP contribution in [0.15, 0.2) is 42.5 Å². The van der Waals surface area contributed by atoms with E-state index in [1.807, 2.05) is 19.1 Å². The van der Waals surface area contributed by atoms with Gasteiger partial charge in [-0.2, -0.15) is 0 Å². The molecule has 0 bridgehead atoms. The van der Waals surface area contributed by atoms with Gasteiger partial charge in [-0.25, -0.2) is 8.42 Å². The van der Waals surface area contributed by atoms with Gasteiger partial charge in [0.15, 0.2) is 0 Å². The van der Waals surface area contributed by atoms with Gasteiger partial charge in [-0.1, -0.05) is 29.8 Å². The fraction of sp³-hybridized carbons (Fsp3) is 0.350. The Bertz CT molecular complexity index is 945. The molecule has 0 fully saturated rings. The van der Waals surface area contributed by atoms with Crippen molar-refractivity contribution in [2.45, 2.75) is 32.9 Å². The normalized spacial score (nSPS) is 13.5. The number of benzene rings is 2. The van der Waals surface area contributed by atoms with Crippen molar-refractivity contribution in [1.29, 1.82) is 0 Å². The van der Waals surface area contributed by atoms with Crippen molar-refractivity contribution >= 4 is 33.2 Å². The van der Waals surface area contributed by atoms with Crippen LogP contribution in [0.25, 0.3) is 0 Å². The lowest BCUT2D eigenvalue weighted by atomic mass is 10.1. The minimum atomic E-state index is -3.71. The zero-order valence-corrected chi connectivity index (χ0v) is 18.1. The van der Waals surface area contributed by atoms with Crippen LogP contribution < -0.4 is 14.4 Å². The van der Waals surface area contributed by atoms with E-state index in [1.165, 1.54) is 0 Å². The summed E-state index contributed by atoms with van der Waals surface area (Å²) in [6, 6.07) is 11.0. The van der Waals surface area contributed by atoms with E-state index in [-0.39, 0.29) is 6.04 Å². The largest absolute Gasteiger partial charge is 0.497 e. The van der Waals surface area contributed by atoms with Gasteiger partial charge in [-0.05, 0) is 56.2 Å². The van der Waals surface area contributed by atoms with Crippen LogP contribution in [0.4, 0.5) is 5.69 Å². The summed E-state index contributed by atoms with van der Waals surface area (Å²) in [6.07, 6.45) is 1.07. The molecular formula is C20H25ClN2O4S. The highest BCUT2D eigenvalue weighted by Gasteiger charge is 2.31. The Balaban J connectivity index is 2.27. The number of anilines is 1. The van der Waals surface area contributed by atoms with E-state index < -0.39 is 22.0 Å². The summed E-state index contributed by atoms with van der Waals surface area (Å²) >= 11 is 6.05. The summed E-state index contributed by atoms with van der Waals surface area (Å²) in [5.74, 6) is 0.309. The average molecular weight is 425 g/mol. The number of methoxy groups -OCH3 is 1. The molecule has 8 heteroatoms. The van der Waals surface area contributed by atoms with E-state index in [9.17, 15) is 13.2 Å². The molecule has 1 amide bonds. The topological polar surface area (TPSA) is 75.7 Å². The second kappa shape index (κ2) is 8.84. The lowest BCUT2D eigenvalue weighted by Crippen LogP contribution is -2.48. The van der Waals surface area contributed by atoms with E-state index >= 15 is 0 Å². The van der Waals surface area contributed by atoms with E-state index in [1.54, 1.807) is 51.3 Å². The Labute approximate surface area is 171 Å². The van der Waals surface area contributed by atoms with Gasteiger partial charge in [0.05, 0.1) is 25.1 Å². The Morgan fingerprint density at radius 3 is 2.29 bits per heavy atom. The third kappa shape index (κ3) is 5.17. The average Bonchev–Trinajstić information content (AvgIpc) is 2.63. The maximum Gasteiger partial charge on any atom is 0.244 e. The number of hydrogen-bond acceptors (Lipinski definition) is 4. The van der Waals surface area contributed by atoms with Crippen LogP contribution in [0, 0.1) is 6.92 Å². The van der Waals surface area contributed by atoms with Gasteiger partial charge in [-0.15, -0.1) is 0 Å². The molecule has 0 aliphatic rings. The summed E-state index contributed by atoms with van der Waals surface area (Å²) in [7, 11) is -2.13. The van der Waals surface area contributed by atoms with Crippen LogP contribution in [0.5, 0.6) is 5.75 Å². The van der Waals surface area contributed by atoms with Crippen LogP contribution in [0.2, 0.25) is 5.02 Å². The molecule has 0 spiro atoms. The van der Waals surface area contributed by atoms with Crippen molar-refractivity contribution in [3.63, 3.8) is 0 Å². The highest BCUT2D eigenvalue weighted by molar-refractivity contribution is 7.92. The maximum atomic E-state index is 12.8. The molecule has 0 saturated carbocycles. The summed E-state index contributed by atoms with van der Waals surface area (Å²) in [5.41, 5.74) is 1.97. The van der Waals surface area contributed by atoms with E-state index in [0.29, 0.717) is 16.3 Å². The number of ether oxygens (including phenoxy) is 1. The lowest BCUT2D eigenvalue weighted by Gasteiger charge is -2.30. The molecule has 6 nitrogen and oxygen atoms in total. The van der Waals surface area contributed by atoms with Crippen molar-refractivity contribution in [2.24, 2.45) is 0 Å². The molecule has 0 heterocycles. The van der Waals surface area contributed by atoms with Gasteiger partial charge in [0.1, 0.15) is 11.8 Å². The minimum absolute atomic E-state index is 0.303. The molecule has 2 aromatic rings. The molecule has 0 unspecified atom stereocenters. The van der Waals surface area contributed by atoms with E-state index in [0.717, 1.165) is 21.9 Å². The smallest absolute Gasteiger partial charge is 0.244 e. The van der Waals surface area contributed by atoms with Crippen LogP contribution in [0.1, 0.15) is 31.0 Å². The number of hydrogen-bond donors (Lipinski definition) is 1. The quantitative estimate of drug-likeness (QED) is 0.735. The number of amides is 1. The van der Waals surface area contributed by atoms with Gasteiger partial charge in [0, 0.05) is 5.02 Å². The fourth-order valence-electron chi connectivity index (χ4n) is 2.91. The second-order valence-corrected chi connectivity index (χ2v) is 8.96. The number of rotatable bonds is 7. The number of halogens is 1. The Morgan fingerprint density at radius 2 is 1.75 bits per heavy atom. The summed E-state index contributed by atoms with van der Waals surface area (Å²) in [4.78, 5) is 12.8. The summed E-state index contributed by atoms with van der Waals surface area (Å²) in [6.45, 7) is 5.16. The number of carbonyl (C=O) groups is 1. The molecule has 0 aliphatic carbocycles. The third-order valence-electron chi connectivity index (χ3n) is 4.47. The summed E-state index contributed by atoms with van der Waals surface area (Å²) in [5, 5.41) is 3.27. The molecule has 1 N–H and O–H groups in total. The predicted octanol–water partition coefficient (Wildman–Crippen LogP) is 3.69. The van der Waals surface area contributed by atoms with Gasteiger partial charge < -0.3 is 10.1 Å². The zero-order valence-electron chi connectivity index (χ0n) is 16.6. The van der Waals surface area contributed by atoms with E-state index in [4.69, 9.17) is 16.3 Å². The Morgan fingerprint density at radius 1 is 1.14 bits per heavy atom. The molecule has 2 rings (SSSR count). The molecule has 152 valence electrons. The zero-order chi connectivity index (χ0) is 21.1. The molecule has 28 heavy (non-hydrogen) atoms. The second-order valence-electron chi connectivity index (χ2n) is 6.67. The molecular weight excluding hydrogens is 400 g/mol. The third-order valence-corrected chi connectivity index (χ3v) is 5.93. The summed E-state index contributed by atoms with van der Waals surface area (Å²) < 4.78 is 31.2. The number of nitrogens with zero attached hydrogens (tertiary/aromatic N) is 1. The molecule has 0 saturated heterocycles. The predicted molar refractivity (Wildman–Crippen MR) is 113 cm³/mol. The monoisotopic (exact) mass is 424 g/mol. The lowest BCUT2D eigenvalue weighted by molar-refractivity contribution is -0.122. The van der Waals surface area contributed by atoms with Crippen molar-refractivity contribution in [1.82, 2.24) is 5.32 Å². The van der Waals surface area contributed by atoms with Crippen LogP contribution in [-0.2, 0) is 14.8 Å². The SMILES string of the molecule is COc1ccc([C@H](C)NC(=O)[C@@H](C)N(c2cc(Cl)ccc2C)S(C)(=O)=O)cc1. The van der Waals surface area contributed by atoms with Crippen molar-refractivity contribution in [2.75, 3.05) is 17.7 Å². The molecule has 0 aliphatic heterocycles. The Hall–Kier alpha value is -2.25. The maximum absolute atomic E-state index is 12.8. The first-order valence-corrected chi connectivity index (χ1v) is 11.0. The number of nitrogens with one attached hydrogen (secondary N) is 1. The first-order valence-electron chi connectivity index (χ1n) is 8.74. The van der Waals surface area contributed by atoms with Crippen LogP contribution >= 0.6 is 11.6 Å². The van der Waals surface area contributed by atoms with Gasteiger partial charge >= 0.3 is 0 Å². The Kier molecular flexibility index (Phi) is 6.96. The van der Waals surface area contributed by atoms with Crippen LogP contribution in [0.3, 0.4) is 0 Å². The van der Waals surface area contributed by atoms with Crippen molar-refractivity contribution < 1.29 is 17.9 Å².